The largest absolute Gasteiger partial charge is 0.377 e. The highest BCUT2D eigenvalue weighted by Crippen LogP contribution is 2.05. The van der Waals surface area contributed by atoms with E-state index < -0.39 is 0 Å². The Hall–Kier alpha value is -1.38. The summed E-state index contributed by atoms with van der Waals surface area (Å²) in [4.78, 5) is 8.71. The Morgan fingerprint density at radius 2 is 1.89 bits per heavy atom. The molecule has 0 fully saturated rings. The molecule has 0 spiro atoms. The lowest BCUT2D eigenvalue weighted by Gasteiger charge is -2.11. The maximum atomic E-state index is 5.81. The minimum absolute atomic E-state index is 0. The Labute approximate surface area is 190 Å². The molecule has 0 radical (unpaired) electrons. The van der Waals surface area contributed by atoms with Crippen molar-refractivity contribution in [1.82, 2.24) is 15.6 Å². The van der Waals surface area contributed by atoms with E-state index in [0.29, 0.717) is 11.8 Å². The van der Waals surface area contributed by atoms with Gasteiger partial charge in [0.1, 0.15) is 5.15 Å². The second-order valence-corrected chi connectivity index (χ2v) is 6.56. The van der Waals surface area contributed by atoms with Crippen LogP contribution in [0.3, 0.4) is 0 Å². The van der Waals surface area contributed by atoms with E-state index in [2.05, 4.69) is 39.7 Å². The van der Waals surface area contributed by atoms with Crippen molar-refractivity contribution in [2.75, 3.05) is 26.2 Å². The molecule has 0 unspecified atom stereocenters. The number of pyridine rings is 1. The molecule has 2 aromatic rings. The van der Waals surface area contributed by atoms with Crippen molar-refractivity contribution in [2.24, 2.45) is 4.99 Å². The molecule has 0 bridgehead atoms. The SMILES string of the molecule is CCNC(=NCCCCOCc1ccccc1)NCCc1ccc(Cl)nc1.I. The predicted octanol–water partition coefficient (Wildman–Crippen LogP) is 4.45. The lowest BCUT2D eigenvalue weighted by molar-refractivity contribution is 0.117. The van der Waals surface area contributed by atoms with Crippen molar-refractivity contribution in [2.45, 2.75) is 32.8 Å². The molecule has 154 valence electrons. The second kappa shape index (κ2) is 15.5. The van der Waals surface area contributed by atoms with Gasteiger partial charge in [-0.15, -0.1) is 24.0 Å². The Morgan fingerprint density at radius 3 is 2.61 bits per heavy atom. The lowest BCUT2D eigenvalue weighted by Crippen LogP contribution is -2.38. The summed E-state index contributed by atoms with van der Waals surface area (Å²) in [5.41, 5.74) is 2.36. The van der Waals surface area contributed by atoms with Gasteiger partial charge in [-0.1, -0.05) is 48.0 Å². The number of hydrogen-bond donors (Lipinski definition) is 2. The Morgan fingerprint density at radius 1 is 1.07 bits per heavy atom. The summed E-state index contributed by atoms with van der Waals surface area (Å²) in [7, 11) is 0. The van der Waals surface area contributed by atoms with Gasteiger partial charge in [0.25, 0.3) is 0 Å². The molecule has 1 heterocycles. The van der Waals surface area contributed by atoms with Crippen molar-refractivity contribution in [3.63, 3.8) is 0 Å². The number of hydrogen-bond acceptors (Lipinski definition) is 3. The molecule has 2 N–H and O–H groups in total. The van der Waals surface area contributed by atoms with Crippen LogP contribution in [0.1, 0.15) is 30.9 Å². The van der Waals surface area contributed by atoms with E-state index in [1.165, 1.54) is 5.56 Å². The van der Waals surface area contributed by atoms with Gasteiger partial charge in [0.2, 0.25) is 0 Å². The van der Waals surface area contributed by atoms with Crippen molar-refractivity contribution in [1.29, 1.82) is 0 Å². The summed E-state index contributed by atoms with van der Waals surface area (Å²) in [6.07, 6.45) is 4.70. The highest BCUT2D eigenvalue weighted by molar-refractivity contribution is 14.0. The van der Waals surface area contributed by atoms with Gasteiger partial charge in [-0.3, -0.25) is 4.99 Å². The minimum Gasteiger partial charge on any atom is -0.377 e. The van der Waals surface area contributed by atoms with E-state index in [9.17, 15) is 0 Å². The molecule has 1 aromatic heterocycles. The number of aliphatic imine (C=N–C) groups is 1. The predicted molar refractivity (Wildman–Crippen MR) is 128 cm³/mol. The standard InChI is InChI=1S/C21H29ClN4O.HI/c1-2-23-21(25-14-12-18-10-11-20(22)26-16-18)24-13-6-7-15-27-17-19-8-4-3-5-9-19;/h3-5,8-11,16H,2,6-7,12-15,17H2,1H3,(H2,23,24,25);1H. The third-order valence-corrected chi connectivity index (χ3v) is 4.14. The van der Waals surface area contributed by atoms with Gasteiger partial charge in [-0.05, 0) is 43.4 Å². The summed E-state index contributed by atoms with van der Waals surface area (Å²) in [6.45, 7) is 5.93. The maximum absolute atomic E-state index is 5.81. The highest BCUT2D eigenvalue weighted by atomic mass is 127. The quantitative estimate of drug-likeness (QED) is 0.152. The van der Waals surface area contributed by atoms with Crippen LogP contribution >= 0.6 is 35.6 Å². The number of unbranched alkanes of at least 4 members (excludes halogenated alkanes) is 1. The van der Waals surface area contributed by atoms with Crippen LogP contribution in [0.15, 0.2) is 53.7 Å². The van der Waals surface area contributed by atoms with Crippen LogP contribution in [-0.4, -0.2) is 37.2 Å². The zero-order chi connectivity index (χ0) is 19.2. The van der Waals surface area contributed by atoms with E-state index in [1.54, 1.807) is 0 Å². The summed E-state index contributed by atoms with van der Waals surface area (Å²) < 4.78 is 5.70. The summed E-state index contributed by atoms with van der Waals surface area (Å²) in [5.74, 6) is 0.852. The molecule has 0 atom stereocenters. The van der Waals surface area contributed by atoms with E-state index in [0.717, 1.165) is 57.0 Å². The van der Waals surface area contributed by atoms with E-state index in [4.69, 9.17) is 16.3 Å². The van der Waals surface area contributed by atoms with Gasteiger partial charge in [0.15, 0.2) is 5.96 Å². The number of aromatic nitrogens is 1. The van der Waals surface area contributed by atoms with Crippen LogP contribution < -0.4 is 10.6 Å². The van der Waals surface area contributed by atoms with Crippen LogP contribution in [0.5, 0.6) is 0 Å². The number of ether oxygens (including phenoxy) is 1. The topological polar surface area (TPSA) is 58.5 Å². The molecule has 0 saturated heterocycles. The first-order valence-corrected chi connectivity index (χ1v) is 9.90. The van der Waals surface area contributed by atoms with Crippen LogP contribution in [-0.2, 0) is 17.8 Å². The molecule has 7 heteroatoms. The van der Waals surface area contributed by atoms with Crippen LogP contribution in [0.2, 0.25) is 5.15 Å². The van der Waals surface area contributed by atoms with Crippen molar-refractivity contribution < 1.29 is 4.74 Å². The lowest BCUT2D eigenvalue weighted by atomic mass is 10.2. The third kappa shape index (κ3) is 10.8. The molecule has 2 rings (SSSR count). The molecule has 0 aliphatic heterocycles. The summed E-state index contributed by atoms with van der Waals surface area (Å²) >= 11 is 5.81. The molecule has 0 aliphatic carbocycles. The number of rotatable bonds is 11. The first kappa shape index (κ1) is 24.7. The Balaban J connectivity index is 0.00000392. The number of halogens is 2. The summed E-state index contributed by atoms with van der Waals surface area (Å²) in [5, 5.41) is 7.15. The van der Waals surface area contributed by atoms with Crippen molar-refractivity contribution in [3.05, 3.63) is 64.9 Å². The number of nitrogens with zero attached hydrogens (tertiary/aromatic N) is 2. The number of guanidine groups is 1. The van der Waals surface area contributed by atoms with Gasteiger partial charge >= 0.3 is 0 Å². The minimum atomic E-state index is 0. The number of benzene rings is 1. The molecule has 1 aromatic carbocycles. The first-order valence-electron chi connectivity index (χ1n) is 9.52. The van der Waals surface area contributed by atoms with Crippen molar-refractivity contribution in [3.8, 4) is 0 Å². The zero-order valence-electron chi connectivity index (χ0n) is 16.4. The van der Waals surface area contributed by atoms with E-state index in [-0.39, 0.29) is 24.0 Å². The van der Waals surface area contributed by atoms with Gasteiger partial charge < -0.3 is 15.4 Å². The first-order chi connectivity index (χ1) is 13.3. The molecular formula is C21H30ClIN4O. The fourth-order valence-electron chi connectivity index (χ4n) is 2.49. The molecule has 5 nitrogen and oxygen atoms in total. The van der Waals surface area contributed by atoms with Gasteiger partial charge in [-0.25, -0.2) is 4.98 Å². The average Bonchev–Trinajstić information content (AvgIpc) is 2.69. The van der Waals surface area contributed by atoms with Gasteiger partial charge in [0, 0.05) is 32.4 Å². The average molecular weight is 517 g/mol. The van der Waals surface area contributed by atoms with E-state index in [1.807, 2.05) is 36.5 Å². The fourth-order valence-corrected chi connectivity index (χ4v) is 2.60. The molecular weight excluding hydrogens is 487 g/mol. The maximum Gasteiger partial charge on any atom is 0.191 e. The summed E-state index contributed by atoms with van der Waals surface area (Å²) in [6, 6.07) is 14.1. The molecule has 0 amide bonds. The monoisotopic (exact) mass is 516 g/mol. The molecule has 0 saturated carbocycles. The highest BCUT2D eigenvalue weighted by Gasteiger charge is 1.99. The van der Waals surface area contributed by atoms with Gasteiger partial charge in [-0.2, -0.15) is 0 Å². The van der Waals surface area contributed by atoms with Crippen LogP contribution in [0, 0.1) is 0 Å². The smallest absolute Gasteiger partial charge is 0.191 e. The third-order valence-electron chi connectivity index (χ3n) is 3.92. The Kier molecular flexibility index (Phi) is 13.7. The Bertz CT molecular complexity index is 668. The van der Waals surface area contributed by atoms with Crippen LogP contribution in [0.4, 0.5) is 0 Å². The zero-order valence-corrected chi connectivity index (χ0v) is 19.5. The molecule has 0 aliphatic rings. The van der Waals surface area contributed by atoms with Crippen LogP contribution in [0.25, 0.3) is 0 Å². The fraction of sp³-hybridized carbons (Fsp3) is 0.429. The van der Waals surface area contributed by atoms with E-state index >= 15 is 0 Å². The molecule has 28 heavy (non-hydrogen) atoms. The van der Waals surface area contributed by atoms with Crippen molar-refractivity contribution >= 4 is 41.5 Å². The van der Waals surface area contributed by atoms with Gasteiger partial charge in [0.05, 0.1) is 6.61 Å². The normalized spacial score (nSPS) is 11.0. The second-order valence-electron chi connectivity index (χ2n) is 6.17. The number of nitrogens with one attached hydrogen (secondary N) is 2.